The minimum absolute atomic E-state index is 0. The molecule has 0 aliphatic carbocycles. The van der Waals surface area contributed by atoms with E-state index in [4.69, 9.17) is 0 Å². The molecule has 1 aromatic carbocycles. The Morgan fingerprint density at radius 2 is 2.07 bits per heavy atom. The number of rotatable bonds is 1. The van der Waals surface area contributed by atoms with Crippen LogP contribution in [0.1, 0.15) is 0 Å². The molecule has 0 fully saturated rings. The molecule has 3 aromatic rings. The highest BCUT2D eigenvalue weighted by molar-refractivity contribution is 7.07. The first-order valence-corrected chi connectivity index (χ1v) is 5.21. The van der Waals surface area contributed by atoms with E-state index in [1.807, 2.05) is 35.2 Å². The fourth-order valence-corrected chi connectivity index (χ4v) is 1.94. The Kier molecular flexibility index (Phi) is 2.70. The molecule has 0 unspecified atom stereocenters. The maximum atomic E-state index is 4.44. The molecule has 76 valence electrons. The number of aromatic nitrogens is 3. The van der Waals surface area contributed by atoms with Gasteiger partial charge < -0.3 is 4.98 Å². The van der Waals surface area contributed by atoms with E-state index in [1.165, 1.54) is 0 Å². The van der Waals surface area contributed by atoms with Gasteiger partial charge in [-0.2, -0.15) is 0 Å². The molecule has 0 aliphatic heterocycles. The normalized spacial score (nSPS) is 10.1. The number of fused-ring (bicyclic) bond motifs is 1. The summed E-state index contributed by atoms with van der Waals surface area (Å²) in [4.78, 5) is 11.9. The zero-order valence-corrected chi connectivity index (χ0v) is 9.31. The van der Waals surface area contributed by atoms with Gasteiger partial charge in [-0.05, 0) is 12.1 Å². The van der Waals surface area contributed by atoms with Gasteiger partial charge in [0.25, 0.3) is 0 Å². The van der Waals surface area contributed by atoms with Gasteiger partial charge in [0.05, 0.1) is 16.5 Å². The smallest absolute Gasteiger partial charge is 0.158 e. The average Bonchev–Trinajstić information content (AvgIpc) is 2.86. The van der Waals surface area contributed by atoms with Gasteiger partial charge in [0, 0.05) is 5.38 Å². The van der Waals surface area contributed by atoms with Crippen LogP contribution in [-0.2, 0) is 0 Å². The fourth-order valence-electron chi connectivity index (χ4n) is 1.40. The first-order chi connectivity index (χ1) is 6.93. The summed E-state index contributed by atoms with van der Waals surface area (Å²) in [7, 11) is 0. The zero-order valence-electron chi connectivity index (χ0n) is 7.68. The number of H-pyrrole nitrogens is 1. The van der Waals surface area contributed by atoms with E-state index in [9.17, 15) is 0 Å². The summed E-state index contributed by atoms with van der Waals surface area (Å²) in [6, 6.07) is 7.97. The standard InChI is InChI=1S/C10H7N3S.ClH/c1-2-4-8-7(3-1)12-10(13-8)9-5-14-6-11-9;/h1-6H,(H,12,13);1H. The van der Waals surface area contributed by atoms with Crippen LogP contribution in [0.25, 0.3) is 22.6 Å². The predicted molar refractivity (Wildman–Crippen MR) is 64.4 cm³/mol. The summed E-state index contributed by atoms with van der Waals surface area (Å²) in [5.41, 5.74) is 4.75. The third-order valence-electron chi connectivity index (χ3n) is 2.06. The van der Waals surface area contributed by atoms with Crippen molar-refractivity contribution >= 4 is 34.8 Å². The van der Waals surface area contributed by atoms with Gasteiger partial charge in [0.15, 0.2) is 5.82 Å². The molecule has 5 heteroatoms. The molecular formula is C10H8ClN3S. The summed E-state index contributed by atoms with van der Waals surface area (Å²) < 4.78 is 0. The molecule has 3 rings (SSSR count). The van der Waals surface area contributed by atoms with Gasteiger partial charge in [-0.1, -0.05) is 12.1 Å². The van der Waals surface area contributed by atoms with E-state index in [0.717, 1.165) is 22.6 Å². The minimum atomic E-state index is 0. The van der Waals surface area contributed by atoms with Crippen LogP contribution in [0.5, 0.6) is 0 Å². The van der Waals surface area contributed by atoms with Crippen LogP contribution in [0.3, 0.4) is 0 Å². The van der Waals surface area contributed by atoms with E-state index in [1.54, 1.807) is 11.3 Å². The van der Waals surface area contributed by atoms with Gasteiger partial charge in [0.1, 0.15) is 5.69 Å². The number of para-hydroxylation sites is 2. The van der Waals surface area contributed by atoms with Crippen molar-refractivity contribution in [2.24, 2.45) is 0 Å². The highest BCUT2D eigenvalue weighted by atomic mass is 35.5. The van der Waals surface area contributed by atoms with Crippen molar-refractivity contribution in [2.75, 3.05) is 0 Å². The third-order valence-corrected chi connectivity index (χ3v) is 2.65. The van der Waals surface area contributed by atoms with E-state index in [0.29, 0.717) is 0 Å². The lowest BCUT2D eigenvalue weighted by Gasteiger charge is -1.84. The van der Waals surface area contributed by atoms with Crippen molar-refractivity contribution in [3.8, 4) is 11.5 Å². The second-order valence-corrected chi connectivity index (χ2v) is 3.69. The number of nitrogens with zero attached hydrogens (tertiary/aromatic N) is 2. The Hall–Kier alpha value is -1.39. The molecule has 0 saturated heterocycles. The first kappa shape index (κ1) is 10.1. The summed E-state index contributed by atoms with van der Waals surface area (Å²) in [6.07, 6.45) is 0. The highest BCUT2D eigenvalue weighted by Crippen LogP contribution is 2.19. The largest absolute Gasteiger partial charge is 0.337 e. The number of nitrogens with one attached hydrogen (secondary N) is 1. The number of hydrogen-bond donors (Lipinski definition) is 1. The van der Waals surface area contributed by atoms with Gasteiger partial charge in [-0.15, -0.1) is 23.7 Å². The highest BCUT2D eigenvalue weighted by Gasteiger charge is 2.05. The van der Waals surface area contributed by atoms with E-state index < -0.39 is 0 Å². The van der Waals surface area contributed by atoms with Crippen LogP contribution in [0.4, 0.5) is 0 Å². The number of benzene rings is 1. The molecule has 2 aromatic heterocycles. The van der Waals surface area contributed by atoms with Crippen LogP contribution < -0.4 is 0 Å². The summed E-state index contributed by atoms with van der Waals surface area (Å²) >= 11 is 1.57. The van der Waals surface area contributed by atoms with Crippen molar-refractivity contribution in [3.05, 3.63) is 35.2 Å². The first-order valence-electron chi connectivity index (χ1n) is 4.27. The Labute approximate surface area is 96.6 Å². The van der Waals surface area contributed by atoms with Crippen LogP contribution in [-0.4, -0.2) is 15.0 Å². The SMILES string of the molecule is Cl.c1ccc2[nH]c(-c3cscn3)nc2c1. The van der Waals surface area contributed by atoms with Gasteiger partial charge in [0.2, 0.25) is 0 Å². The molecular weight excluding hydrogens is 230 g/mol. The van der Waals surface area contributed by atoms with Crippen molar-refractivity contribution in [2.45, 2.75) is 0 Å². The van der Waals surface area contributed by atoms with Gasteiger partial charge in [-0.25, -0.2) is 9.97 Å². The molecule has 2 heterocycles. The van der Waals surface area contributed by atoms with E-state index in [2.05, 4.69) is 15.0 Å². The second-order valence-electron chi connectivity index (χ2n) is 2.98. The molecule has 0 spiro atoms. The summed E-state index contributed by atoms with van der Waals surface area (Å²) in [6.45, 7) is 0. The molecule has 0 aliphatic rings. The van der Waals surface area contributed by atoms with Crippen molar-refractivity contribution < 1.29 is 0 Å². The second kappa shape index (κ2) is 4.00. The molecule has 0 bridgehead atoms. The molecule has 3 nitrogen and oxygen atoms in total. The number of halogens is 1. The zero-order chi connectivity index (χ0) is 9.38. The Morgan fingerprint density at radius 3 is 2.80 bits per heavy atom. The summed E-state index contributed by atoms with van der Waals surface area (Å²) in [5.74, 6) is 0.840. The molecule has 0 radical (unpaired) electrons. The topological polar surface area (TPSA) is 41.6 Å². The minimum Gasteiger partial charge on any atom is -0.337 e. The predicted octanol–water partition coefficient (Wildman–Crippen LogP) is 3.11. The molecule has 1 N–H and O–H groups in total. The lowest BCUT2D eigenvalue weighted by molar-refractivity contribution is 1.27. The Bertz CT molecular complexity index is 526. The molecule has 0 amide bonds. The molecule has 0 saturated carbocycles. The number of imidazole rings is 1. The maximum Gasteiger partial charge on any atom is 0.158 e. The number of aromatic amines is 1. The van der Waals surface area contributed by atoms with Crippen LogP contribution >= 0.6 is 23.7 Å². The van der Waals surface area contributed by atoms with Crippen LogP contribution in [0.15, 0.2) is 35.2 Å². The summed E-state index contributed by atoms with van der Waals surface area (Å²) in [5, 5.41) is 1.98. The fraction of sp³-hybridized carbons (Fsp3) is 0. The Balaban J connectivity index is 0.000000853. The number of thiazole rings is 1. The van der Waals surface area contributed by atoms with Crippen LogP contribution in [0.2, 0.25) is 0 Å². The Morgan fingerprint density at radius 1 is 1.20 bits per heavy atom. The maximum absolute atomic E-state index is 4.44. The number of hydrogen-bond acceptors (Lipinski definition) is 3. The quantitative estimate of drug-likeness (QED) is 0.707. The van der Waals surface area contributed by atoms with Crippen molar-refractivity contribution in [1.82, 2.24) is 15.0 Å². The van der Waals surface area contributed by atoms with Crippen LogP contribution in [0, 0.1) is 0 Å². The van der Waals surface area contributed by atoms with Gasteiger partial charge in [-0.3, -0.25) is 0 Å². The third kappa shape index (κ3) is 1.73. The average molecular weight is 238 g/mol. The lowest BCUT2D eigenvalue weighted by atomic mass is 10.3. The van der Waals surface area contributed by atoms with Crippen molar-refractivity contribution in [3.63, 3.8) is 0 Å². The van der Waals surface area contributed by atoms with Gasteiger partial charge >= 0.3 is 0 Å². The van der Waals surface area contributed by atoms with Crippen molar-refractivity contribution in [1.29, 1.82) is 0 Å². The van der Waals surface area contributed by atoms with E-state index >= 15 is 0 Å². The molecule has 15 heavy (non-hydrogen) atoms. The molecule has 0 atom stereocenters. The van der Waals surface area contributed by atoms with E-state index in [-0.39, 0.29) is 12.4 Å². The monoisotopic (exact) mass is 237 g/mol. The lowest BCUT2D eigenvalue weighted by Crippen LogP contribution is -1.77.